The van der Waals surface area contributed by atoms with Crippen LogP contribution >= 0.6 is 47.8 Å². The molecule has 0 amide bonds. The van der Waals surface area contributed by atoms with Crippen LogP contribution in [0.1, 0.15) is 0 Å². The summed E-state index contributed by atoms with van der Waals surface area (Å²) in [6, 6.07) is 8.70. The highest BCUT2D eigenvalue weighted by Gasteiger charge is 2.16. The molecule has 0 aliphatic carbocycles. The third-order valence-corrected chi connectivity index (χ3v) is 4.77. The van der Waals surface area contributed by atoms with Crippen LogP contribution < -0.4 is 5.73 Å². The van der Waals surface area contributed by atoms with E-state index in [-0.39, 0.29) is 5.82 Å². The molecule has 0 aliphatic heterocycles. The van der Waals surface area contributed by atoms with Gasteiger partial charge in [-0.1, -0.05) is 6.07 Å². The average molecular weight is 464 g/mol. The fourth-order valence-corrected chi connectivity index (χ4v) is 3.71. The average Bonchev–Trinajstić information content (AvgIpc) is 2.67. The number of nitrogens with two attached hydrogens (primary N) is 1. The summed E-state index contributed by atoms with van der Waals surface area (Å²) >= 11 is 10.1. The maximum atomic E-state index is 13.8. The van der Waals surface area contributed by atoms with Gasteiger partial charge in [0.25, 0.3) is 0 Å². The monoisotopic (exact) mass is 461 g/mol. The number of imidazole rings is 1. The van der Waals surface area contributed by atoms with Crippen molar-refractivity contribution in [2.24, 2.45) is 0 Å². The van der Waals surface area contributed by atoms with Crippen LogP contribution in [0, 0.1) is 5.82 Å². The first kappa shape index (κ1) is 14.0. The highest BCUT2D eigenvalue weighted by Crippen LogP contribution is 2.35. The van der Waals surface area contributed by atoms with Crippen molar-refractivity contribution in [2.45, 2.75) is 0 Å². The smallest absolute Gasteiger partial charge is 0.206 e. The second-order valence-electron chi connectivity index (χ2n) is 4.13. The third kappa shape index (κ3) is 2.17. The number of nitrogen functional groups attached to an aromatic ring is 1. The van der Waals surface area contributed by atoms with E-state index in [1.807, 2.05) is 18.2 Å². The molecule has 1 heterocycles. The van der Waals surface area contributed by atoms with Gasteiger partial charge in [-0.2, -0.15) is 0 Å². The SMILES string of the molecule is Nc1nc2cc(Br)c(F)cc2n1-c1c(Br)cccc1Br. The summed E-state index contributed by atoms with van der Waals surface area (Å²) in [5.41, 5.74) is 8.01. The molecule has 0 saturated carbocycles. The normalized spacial score (nSPS) is 11.2. The van der Waals surface area contributed by atoms with Gasteiger partial charge in [0.05, 0.1) is 21.2 Å². The Morgan fingerprint density at radius 3 is 2.35 bits per heavy atom. The molecule has 0 fully saturated rings. The Hall–Kier alpha value is -0.920. The van der Waals surface area contributed by atoms with Crippen LogP contribution in [-0.4, -0.2) is 9.55 Å². The van der Waals surface area contributed by atoms with E-state index >= 15 is 0 Å². The van der Waals surface area contributed by atoms with Crippen LogP contribution in [0.25, 0.3) is 16.7 Å². The highest BCUT2D eigenvalue weighted by atomic mass is 79.9. The van der Waals surface area contributed by atoms with Crippen LogP contribution in [0.15, 0.2) is 43.7 Å². The molecule has 0 bridgehead atoms. The molecule has 0 spiro atoms. The number of anilines is 1. The Morgan fingerprint density at radius 2 is 1.70 bits per heavy atom. The van der Waals surface area contributed by atoms with E-state index in [2.05, 4.69) is 52.8 Å². The van der Waals surface area contributed by atoms with E-state index in [0.29, 0.717) is 21.5 Å². The van der Waals surface area contributed by atoms with Gasteiger partial charge in [0.2, 0.25) is 5.95 Å². The quantitative estimate of drug-likeness (QED) is 0.550. The molecule has 0 atom stereocenters. The Morgan fingerprint density at radius 1 is 1.05 bits per heavy atom. The zero-order chi connectivity index (χ0) is 14.4. The number of benzene rings is 2. The maximum Gasteiger partial charge on any atom is 0.206 e. The summed E-state index contributed by atoms with van der Waals surface area (Å²) in [6.07, 6.45) is 0. The fourth-order valence-electron chi connectivity index (χ4n) is 2.03. The summed E-state index contributed by atoms with van der Waals surface area (Å²) in [6.45, 7) is 0. The van der Waals surface area contributed by atoms with Crippen LogP contribution in [-0.2, 0) is 0 Å². The van der Waals surface area contributed by atoms with E-state index < -0.39 is 0 Å². The lowest BCUT2D eigenvalue weighted by atomic mass is 10.2. The van der Waals surface area contributed by atoms with E-state index in [1.165, 1.54) is 6.07 Å². The lowest BCUT2D eigenvalue weighted by Gasteiger charge is -2.11. The second kappa shape index (κ2) is 5.13. The molecular weight excluding hydrogens is 457 g/mol. The molecule has 2 aromatic carbocycles. The van der Waals surface area contributed by atoms with Crippen molar-refractivity contribution in [1.29, 1.82) is 0 Å². The van der Waals surface area contributed by atoms with Crippen molar-refractivity contribution in [2.75, 3.05) is 5.73 Å². The Bertz CT molecular complexity index is 809. The zero-order valence-corrected chi connectivity index (χ0v) is 14.6. The first-order valence-electron chi connectivity index (χ1n) is 5.56. The molecule has 3 aromatic rings. The molecule has 0 aliphatic rings. The number of halogens is 4. The van der Waals surface area contributed by atoms with Gasteiger partial charge in [-0.15, -0.1) is 0 Å². The molecule has 3 nitrogen and oxygen atoms in total. The molecule has 102 valence electrons. The van der Waals surface area contributed by atoms with E-state index in [4.69, 9.17) is 5.73 Å². The largest absolute Gasteiger partial charge is 0.369 e. The minimum Gasteiger partial charge on any atom is -0.369 e. The number of rotatable bonds is 1. The predicted molar refractivity (Wildman–Crippen MR) is 88.5 cm³/mol. The minimum absolute atomic E-state index is 0.296. The van der Waals surface area contributed by atoms with Gasteiger partial charge in [-0.05, 0) is 66.0 Å². The number of para-hydroxylation sites is 1. The van der Waals surface area contributed by atoms with Crippen molar-refractivity contribution in [3.63, 3.8) is 0 Å². The van der Waals surface area contributed by atoms with Crippen molar-refractivity contribution in [3.8, 4) is 5.69 Å². The Kier molecular flexibility index (Phi) is 3.60. The van der Waals surface area contributed by atoms with Gasteiger partial charge in [0, 0.05) is 15.0 Å². The maximum absolute atomic E-state index is 13.8. The zero-order valence-electron chi connectivity index (χ0n) is 9.87. The van der Waals surface area contributed by atoms with Gasteiger partial charge in [-0.3, -0.25) is 4.57 Å². The van der Waals surface area contributed by atoms with Gasteiger partial charge in [-0.25, -0.2) is 9.37 Å². The number of hydrogen-bond acceptors (Lipinski definition) is 2. The lowest BCUT2D eigenvalue weighted by Crippen LogP contribution is -2.02. The number of hydrogen-bond donors (Lipinski definition) is 1. The summed E-state index contributed by atoms with van der Waals surface area (Å²) in [7, 11) is 0. The molecule has 0 saturated heterocycles. The van der Waals surface area contributed by atoms with Crippen molar-refractivity contribution in [1.82, 2.24) is 9.55 Å². The summed E-state index contributed by atoms with van der Waals surface area (Å²) in [4.78, 5) is 4.28. The molecule has 7 heteroatoms. The van der Waals surface area contributed by atoms with Crippen molar-refractivity contribution < 1.29 is 4.39 Å². The number of fused-ring (bicyclic) bond motifs is 1. The molecule has 0 unspecified atom stereocenters. The van der Waals surface area contributed by atoms with Crippen LogP contribution in [0.2, 0.25) is 0 Å². The second-order valence-corrected chi connectivity index (χ2v) is 6.69. The first-order chi connectivity index (χ1) is 9.49. The van der Waals surface area contributed by atoms with Crippen molar-refractivity contribution >= 4 is 64.8 Å². The summed E-state index contributed by atoms with van der Waals surface area (Å²) in [5, 5.41) is 0. The van der Waals surface area contributed by atoms with Gasteiger partial charge in [0.1, 0.15) is 5.82 Å². The van der Waals surface area contributed by atoms with Crippen molar-refractivity contribution in [3.05, 3.63) is 49.6 Å². The number of aromatic nitrogens is 2. The molecule has 1 aromatic heterocycles. The predicted octanol–water partition coefficient (Wildman–Crippen LogP) is 5.03. The van der Waals surface area contributed by atoms with Crippen LogP contribution in [0.3, 0.4) is 0 Å². The first-order valence-corrected chi connectivity index (χ1v) is 7.94. The van der Waals surface area contributed by atoms with Crippen LogP contribution in [0.5, 0.6) is 0 Å². The Labute approximate surface area is 139 Å². The Balaban J connectivity index is 2.42. The number of nitrogens with zero attached hydrogens (tertiary/aromatic N) is 2. The van der Waals surface area contributed by atoms with E-state index in [0.717, 1.165) is 14.6 Å². The van der Waals surface area contributed by atoms with Gasteiger partial charge in [0.15, 0.2) is 0 Å². The fraction of sp³-hybridized carbons (Fsp3) is 0. The minimum atomic E-state index is -0.359. The van der Waals surface area contributed by atoms with Gasteiger partial charge >= 0.3 is 0 Å². The van der Waals surface area contributed by atoms with Crippen LogP contribution in [0.4, 0.5) is 10.3 Å². The molecular formula is C13H7Br3FN3. The summed E-state index contributed by atoms with van der Waals surface area (Å²) in [5.74, 6) is -0.0630. The molecule has 3 rings (SSSR count). The highest BCUT2D eigenvalue weighted by molar-refractivity contribution is 9.11. The molecule has 0 radical (unpaired) electrons. The third-order valence-electron chi connectivity index (χ3n) is 2.88. The topological polar surface area (TPSA) is 43.8 Å². The lowest BCUT2D eigenvalue weighted by molar-refractivity contribution is 0.622. The van der Waals surface area contributed by atoms with E-state index in [9.17, 15) is 4.39 Å². The summed E-state index contributed by atoms with van der Waals surface area (Å²) < 4.78 is 17.5. The standard InChI is InChI=1S/C13H7Br3FN3/c14-6-2-1-3-7(15)12(6)20-11-5-9(17)8(16)4-10(11)19-13(20)18/h1-5H,(H2,18,19). The van der Waals surface area contributed by atoms with Gasteiger partial charge < -0.3 is 5.73 Å². The van der Waals surface area contributed by atoms with E-state index in [1.54, 1.807) is 10.6 Å². The molecule has 2 N–H and O–H groups in total. The molecule has 20 heavy (non-hydrogen) atoms.